The number of thiazole rings is 2. The number of benzene rings is 3. The number of hydrogen-bond acceptors (Lipinski definition) is 8. The Kier molecular flexibility index (Phi) is 6.89. The number of hydrogen-bond donors (Lipinski definition) is 0. The normalized spacial score (nSPS) is 11.5. The summed E-state index contributed by atoms with van der Waals surface area (Å²) in [6.07, 6.45) is 0. The van der Waals surface area contributed by atoms with Gasteiger partial charge in [0, 0.05) is 11.5 Å². The maximum atomic E-state index is 4.70. The van der Waals surface area contributed by atoms with Crippen LogP contribution in [0.15, 0.2) is 81.5 Å². The first-order valence-corrected chi connectivity index (χ1v) is 15.5. The van der Waals surface area contributed by atoms with E-state index in [0.29, 0.717) is 0 Å². The number of fused-ring (bicyclic) bond motifs is 2. The topological polar surface area (TPSA) is 25.8 Å². The molecule has 2 aromatic heterocycles. The zero-order valence-corrected chi connectivity index (χ0v) is 20.6. The molecule has 0 amide bonds. The van der Waals surface area contributed by atoms with E-state index in [-0.39, 0.29) is 0 Å². The van der Waals surface area contributed by atoms with Crippen LogP contribution in [0.2, 0.25) is 0 Å². The molecule has 0 saturated carbocycles. The van der Waals surface area contributed by atoms with Crippen LogP contribution in [0.4, 0.5) is 0 Å². The fourth-order valence-corrected chi connectivity index (χ4v) is 9.78. The lowest BCUT2D eigenvalue weighted by molar-refractivity contribution is 1.31. The van der Waals surface area contributed by atoms with Crippen molar-refractivity contribution in [2.24, 2.45) is 0 Å². The second kappa shape index (κ2) is 9.97. The molecule has 0 unspecified atom stereocenters. The molecular weight excluding hydrogens is 485 g/mol. The maximum absolute atomic E-state index is 4.70. The monoisotopic (exact) mass is 500 g/mol. The standard InChI is InChI=1S/C22H16N2S6/c1-3-10-19-17(8-1)23-21(27-19)29-25-13-15-6-5-7-16(12-15)14-26-30-22-24-18-9-2-4-11-20(18)28-22/h1-12H,13-14H2. The molecule has 150 valence electrons. The zero-order chi connectivity index (χ0) is 20.2. The highest BCUT2D eigenvalue weighted by Crippen LogP contribution is 2.40. The molecule has 30 heavy (non-hydrogen) atoms. The van der Waals surface area contributed by atoms with Crippen molar-refractivity contribution in [1.82, 2.24) is 9.97 Å². The molecule has 0 aliphatic heterocycles. The average molecular weight is 501 g/mol. The van der Waals surface area contributed by atoms with E-state index in [2.05, 4.69) is 60.7 Å². The smallest absolute Gasteiger partial charge is 0.161 e. The van der Waals surface area contributed by atoms with Gasteiger partial charge in [0.05, 0.1) is 20.4 Å². The predicted molar refractivity (Wildman–Crippen MR) is 140 cm³/mol. The van der Waals surface area contributed by atoms with Gasteiger partial charge in [-0.1, -0.05) is 70.1 Å². The lowest BCUT2D eigenvalue weighted by Gasteiger charge is -2.04. The minimum atomic E-state index is 0.976. The van der Waals surface area contributed by atoms with Crippen LogP contribution in [0.3, 0.4) is 0 Å². The summed E-state index contributed by atoms with van der Waals surface area (Å²) in [7, 11) is 7.25. The Labute approximate surface area is 199 Å². The highest BCUT2D eigenvalue weighted by atomic mass is 33.1. The van der Waals surface area contributed by atoms with Crippen LogP contribution in [0.5, 0.6) is 0 Å². The fourth-order valence-electron chi connectivity index (χ4n) is 2.88. The minimum absolute atomic E-state index is 0.976. The van der Waals surface area contributed by atoms with Crippen molar-refractivity contribution in [1.29, 1.82) is 0 Å². The second-order valence-electron chi connectivity index (χ2n) is 6.41. The molecule has 0 aliphatic carbocycles. The van der Waals surface area contributed by atoms with Crippen molar-refractivity contribution < 1.29 is 0 Å². The van der Waals surface area contributed by atoms with Crippen molar-refractivity contribution in [3.8, 4) is 0 Å². The quantitative estimate of drug-likeness (QED) is 0.197. The molecular formula is C22H16N2S6. The van der Waals surface area contributed by atoms with E-state index in [1.54, 1.807) is 44.3 Å². The highest BCUT2D eigenvalue weighted by Gasteiger charge is 2.06. The molecule has 0 radical (unpaired) electrons. The van der Waals surface area contributed by atoms with Crippen molar-refractivity contribution in [3.63, 3.8) is 0 Å². The van der Waals surface area contributed by atoms with Crippen molar-refractivity contribution in [2.45, 2.75) is 20.2 Å². The summed E-state index contributed by atoms with van der Waals surface area (Å²) in [4.78, 5) is 9.39. The van der Waals surface area contributed by atoms with Gasteiger partial charge in [0.15, 0.2) is 8.68 Å². The Hall–Kier alpha value is -1.16. The van der Waals surface area contributed by atoms with Crippen LogP contribution in [0, 0.1) is 0 Å². The van der Waals surface area contributed by atoms with Crippen LogP contribution in [0.1, 0.15) is 11.1 Å². The third-order valence-electron chi connectivity index (χ3n) is 4.25. The molecule has 3 aromatic carbocycles. The molecule has 0 spiro atoms. The van der Waals surface area contributed by atoms with Gasteiger partial charge in [-0.15, -0.1) is 22.7 Å². The summed E-state index contributed by atoms with van der Waals surface area (Å²) in [6.45, 7) is 0. The van der Waals surface area contributed by atoms with E-state index in [9.17, 15) is 0 Å². The van der Waals surface area contributed by atoms with Crippen molar-refractivity contribution in [2.75, 3.05) is 0 Å². The number of para-hydroxylation sites is 2. The Bertz CT molecular complexity index is 1120. The average Bonchev–Trinajstić information content (AvgIpc) is 3.37. The fraction of sp³-hybridized carbons (Fsp3) is 0.0909. The molecule has 0 bridgehead atoms. The van der Waals surface area contributed by atoms with Crippen LogP contribution in [-0.2, 0) is 11.5 Å². The zero-order valence-electron chi connectivity index (χ0n) is 15.7. The third kappa shape index (κ3) is 5.18. The summed E-state index contributed by atoms with van der Waals surface area (Å²) in [5.74, 6) is 1.95. The van der Waals surface area contributed by atoms with E-state index >= 15 is 0 Å². The second-order valence-corrected chi connectivity index (χ2v) is 13.6. The first-order valence-electron chi connectivity index (χ1n) is 9.21. The third-order valence-corrected chi connectivity index (χ3v) is 11.5. The van der Waals surface area contributed by atoms with E-state index in [0.717, 1.165) is 31.2 Å². The number of aromatic nitrogens is 2. The van der Waals surface area contributed by atoms with E-state index in [4.69, 9.17) is 9.97 Å². The maximum Gasteiger partial charge on any atom is 0.161 e. The number of nitrogens with zero attached hydrogens (tertiary/aromatic N) is 2. The van der Waals surface area contributed by atoms with Gasteiger partial charge in [0.1, 0.15) is 0 Å². The SMILES string of the molecule is c1cc(CSSc2nc3ccccc3s2)cc(CSSc2nc3ccccc3s2)c1. The lowest BCUT2D eigenvalue weighted by atomic mass is 10.2. The molecule has 5 rings (SSSR count). The van der Waals surface area contributed by atoms with Crippen molar-refractivity contribution >= 4 is 86.3 Å². The molecule has 0 saturated heterocycles. The van der Waals surface area contributed by atoms with Crippen LogP contribution in [-0.4, -0.2) is 9.97 Å². The summed E-state index contributed by atoms with van der Waals surface area (Å²) >= 11 is 3.53. The summed E-state index contributed by atoms with van der Waals surface area (Å²) < 4.78 is 4.76. The molecule has 8 heteroatoms. The molecule has 0 aliphatic rings. The van der Waals surface area contributed by atoms with Gasteiger partial charge in [-0.25, -0.2) is 9.97 Å². The van der Waals surface area contributed by atoms with Crippen molar-refractivity contribution in [3.05, 3.63) is 83.9 Å². The first kappa shape index (κ1) is 20.7. The van der Waals surface area contributed by atoms with Crippen LogP contribution >= 0.6 is 65.8 Å². The Morgan fingerprint density at radius 3 is 1.60 bits per heavy atom. The number of rotatable bonds is 8. The first-order chi connectivity index (χ1) is 14.8. The lowest BCUT2D eigenvalue weighted by Crippen LogP contribution is -1.83. The highest BCUT2D eigenvalue weighted by molar-refractivity contribution is 8.77. The van der Waals surface area contributed by atoms with Gasteiger partial charge in [-0.05, 0) is 57.0 Å². The van der Waals surface area contributed by atoms with Crippen LogP contribution < -0.4 is 0 Å². The van der Waals surface area contributed by atoms with Gasteiger partial charge in [0.25, 0.3) is 0 Å². The molecule has 2 heterocycles. The molecule has 2 nitrogen and oxygen atoms in total. The molecule has 0 atom stereocenters. The molecule has 0 fully saturated rings. The largest absolute Gasteiger partial charge is 0.229 e. The van der Waals surface area contributed by atoms with Crippen LogP contribution in [0.25, 0.3) is 20.4 Å². The Morgan fingerprint density at radius 1 is 0.600 bits per heavy atom. The predicted octanol–water partition coefficient (Wildman–Crippen LogP) is 8.79. The van der Waals surface area contributed by atoms with Gasteiger partial charge >= 0.3 is 0 Å². The van der Waals surface area contributed by atoms with Gasteiger partial charge in [0.2, 0.25) is 0 Å². The van der Waals surface area contributed by atoms with Gasteiger partial charge in [-0.3, -0.25) is 0 Å². The summed E-state index contributed by atoms with van der Waals surface area (Å²) in [6, 6.07) is 25.6. The van der Waals surface area contributed by atoms with E-state index in [1.165, 1.54) is 20.5 Å². The Balaban J connectivity index is 1.13. The summed E-state index contributed by atoms with van der Waals surface area (Å²) in [5.41, 5.74) is 4.90. The molecule has 5 aromatic rings. The van der Waals surface area contributed by atoms with Gasteiger partial charge in [-0.2, -0.15) is 0 Å². The molecule has 0 N–H and O–H groups in total. The Morgan fingerprint density at radius 2 is 1.10 bits per heavy atom. The minimum Gasteiger partial charge on any atom is -0.229 e. The summed E-state index contributed by atoms with van der Waals surface area (Å²) in [5, 5.41) is 0. The van der Waals surface area contributed by atoms with E-state index in [1.807, 2.05) is 33.7 Å². The van der Waals surface area contributed by atoms with Gasteiger partial charge < -0.3 is 0 Å². The van der Waals surface area contributed by atoms with E-state index < -0.39 is 0 Å².